The lowest BCUT2D eigenvalue weighted by Gasteiger charge is -2.34. The number of rotatable bonds is 6. The van der Waals surface area contributed by atoms with E-state index >= 15 is 0 Å². The molecule has 0 radical (unpaired) electrons. The highest BCUT2D eigenvalue weighted by atomic mass is 32.3. The summed E-state index contributed by atoms with van der Waals surface area (Å²) in [5.41, 5.74) is 12.2. The number of anilines is 2. The molecule has 0 bridgehead atoms. The molecule has 1 aromatic carbocycles. The molecular weight excluding hydrogens is 448 g/mol. The van der Waals surface area contributed by atoms with Crippen molar-refractivity contribution >= 4 is 34.3 Å². The molecule has 13 heteroatoms. The highest BCUT2D eigenvalue weighted by molar-refractivity contribution is 8.24. The van der Waals surface area contributed by atoms with E-state index in [-0.39, 0.29) is 24.3 Å². The lowest BCUT2D eigenvalue weighted by atomic mass is 10.1. The fraction of sp³-hybridized carbons (Fsp3) is 0.200. The molecule has 0 fully saturated rings. The molecule has 0 aliphatic carbocycles. The molecule has 0 atom stereocenters. The molecule has 4 rings (SSSR count). The van der Waals surface area contributed by atoms with Gasteiger partial charge in [-0.05, 0) is 49.1 Å². The van der Waals surface area contributed by atoms with E-state index in [4.69, 9.17) is 16.2 Å². The minimum absolute atomic E-state index is 0.0516. The van der Waals surface area contributed by atoms with Crippen molar-refractivity contribution in [2.24, 2.45) is 10.1 Å². The van der Waals surface area contributed by atoms with Crippen molar-refractivity contribution in [1.82, 2.24) is 19.9 Å². The summed E-state index contributed by atoms with van der Waals surface area (Å²) in [5.74, 6) is 0.747. The number of nitrogen functional groups attached to an aromatic ring is 1. The number of amidine groups is 1. The van der Waals surface area contributed by atoms with Crippen LogP contribution >= 0.6 is 11.0 Å². The van der Waals surface area contributed by atoms with Gasteiger partial charge in [0.15, 0.2) is 5.84 Å². The normalized spacial score (nSPS) is 15.6. The Morgan fingerprint density at radius 2 is 2.03 bits per heavy atom. The average Bonchev–Trinajstić information content (AvgIpc) is 3.17. The zero-order valence-corrected chi connectivity index (χ0v) is 18.7. The maximum absolute atomic E-state index is 12.9. The maximum atomic E-state index is 12.9. The van der Waals surface area contributed by atoms with Crippen molar-refractivity contribution in [2.75, 3.05) is 17.1 Å². The second kappa shape index (κ2) is 8.27. The Balaban J connectivity index is 1.47. The molecule has 2 aromatic heterocycles. The first-order valence-electron chi connectivity index (χ1n) is 9.80. The number of nitrogens with zero attached hydrogens (tertiary/aromatic N) is 4. The van der Waals surface area contributed by atoms with Gasteiger partial charge in [-0.25, -0.2) is 9.97 Å². The van der Waals surface area contributed by atoms with E-state index in [9.17, 15) is 13.9 Å². The van der Waals surface area contributed by atoms with Crippen molar-refractivity contribution in [1.29, 1.82) is 0 Å². The highest BCUT2D eigenvalue weighted by Gasteiger charge is 2.27. The zero-order valence-electron chi connectivity index (χ0n) is 17.9. The van der Waals surface area contributed by atoms with Crippen LogP contribution in [0.15, 0.2) is 53.3 Å². The van der Waals surface area contributed by atoms with Gasteiger partial charge in [0, 0.05) is 24.2 Å². The Morgan fingerprint density at radius 3 is 2.76 bits per heavy atom. The van der Waals surface area contributed by atoms with Gasteiger partial charge in [0.2, 0.25) is 5.95 Å². The van der Waals surface area contributed by atoms with Gasteiger partial charge in [-0.1, -0.05) is 6.07 Å². The Labute approximate surface area is 191 Å². The molecule has 0 saturated carbocycles. The lowest BCUT2D eigenvalue weighted by molar-refractivity contribution is 0.0880. The van der Waals surface area contributed by atoms with Crippen LogP contribution in [0.4, 0.5) is 11.6 Å². The van der Waals surface area contributed by atoms with E-state index in [2.05, 4.69) is 24.4 Å². The number of carbonyl (C=O) groups excluding carboxylic acids is 1. The predicted molar refractivity (Wildman–Crippen MR) is 126 cm³/mol. The number of hydrogen-bond acceptors (Lipinski definition) is 10. The van der Waals surface area contributed by atoms with Crippen molar-refractivity contribution in [3.8, 4) is 11.6 Å². The predicted octanol–water partition coefficient (Wildman–Crippen LogP) is 2.15. The van der Waals surface area contributed by atoms with Crippen LogP contribution in [-0.4, -0.2) is 47.5 Å². The molecule has 174 valence electrons. The number of imidazole rings is 1. The summed E-state index contributed by atoms with van der Waals surface area (Å²) in [7, 11) is -3.39. The Hall–Kier alpha value is -3.81. The van der Waals surface area contributed by atoms with Gasteiger partial charge in [0.1, 0.15) is 18.2 Å². The summed E-state index contributed by atoms with van der Waals surface area (Å²) in [6.45, 7) is 3.72. The molecule has 1 aliphatic rings. The number of ether oxygens (including phenoxy) is 1. The Bertz CT molecular complexity index is 1240. The van der Waals surface area contributed by atoms with Crippen LogP contribution in [0.1, 0.15) is 29.8 Å². The monoisotopic (exact) mass is 472 g/mol. The molecule has 0 spiro atoms. The van der Waals surface area contributed by atoms with E-state index < -0.39 is 16.5 Å². The van der Waals surface area contributed by atoms with Crippen molar-refractivity contribution in [3.05, 3.63) is 60.0 Å². The second-order valence-corrected chi connectivity index (χ2v) is 9.39. The molecule has 33 heavy (non-hydrogen) atoms. The lowest BCUT2D eigenvalue weighted by Crippen LogP contribution is -2.48. The number of aromatic nitrogens is 3. The van der Waals surface area contributed by atoms with Gasteiger partial charge < -0.3 is 21.5 Å². The Morgan fingerprint density at radius 1 is 1.24 bits per heavy atom. The van der Waals surface area contributed by atoms with Crippen LogP contribution in [0, 0.1) is 0 Å². The van der Waals surface area contributed by atoms with E-state index in [1.54, 1.807) is 47.3 Å². The van der Waals surface area contributed by atoms with E-state index in [0.29, 0.717) is 28.4 Å². The van der Waals surface area contributed by atoms with Crippen molar-refractivity contribution in [2.45, 2.75) is 19.4 Å². The van der Waals surface area contributed by atoms with Crippen LogP contribution < -0.4 is 26.2 Å². The number of pyridine rings is 1. The number of nitrogens with one attached hydrogen (secondary N) is 2. The number of nitrogens with two attached hydrogens (primary N) is 2. The van der Waals surface area contributed by atoms with Crippen molar-refractivity contribution < 1.29 is 18.6 Å². The average molecular weight is 473 g/mol. The first-order chi connectivity index (χ1) is 15.5. The van der Waals surface area contributed by atoms with Crippen LogP contribution in [0.3, 0.4) is 0 Å². The number of hydrogen-bond donors (Lipinski definition) is 6. The summed E-state index contributed by atoms with van der Waals surface area (Å²) in [6.07, 6.45) is 4.71. The molecule has 1 amide bonds. The standard InChI is InChI=1S/C20H24N8O4S/c1-20(2,11-32-14-5-3-4-13-16(14)17(21)27-33(30,31)26-13)25-18(29)12-6-7-23-15(10-12)28-9-8-24-19(28)22/h3-10,26,30-31H,11H2,1-2H3,(H2,21,27)(H2,22,24)(H,25,29). The quantitative estimate of drug-likeness (QED) is 0.312. The minimum atomic E-state index is -3.39. The molecule has 0 unspecified atom stereocenters. The molecule has 12 nitrogen and oxygen atoms in total. The highest BCUT2D eigenvalue weighted by Crippen LogP contribution is 2.46. The molecular formula is C20H24N8O4S. The van der Waals surface area contributed by atoms with Crippen molar-refractivity contribution in [3.63, 3.8) is 0 Å². The number of benzene rings is 1. The maximum Gasteiger partial charge on any atom is 0.252 e. The van der Waals surface area contributed by atoms with E-state index in [1.165, 1.54) is 6.20 Å². The molecule has 8 N–H and O–H groups in total. The van der Waals surface area contributed by atoms with Crippen LogP contribution in [-0.2, 0) is 0 Å². The van der Waals surface area contributed by atoms with Crippen LogP contribution in [0.25, 0.3) is 5.82 Å². The van der Waals surface area contributed by atoms with Gasteiger partial charge in [0.05, 0.1) is 16.8 Å². The van der Waals surface area contributed by atoms with Crippen LogP contribution in [0.2, 0.25) is 0 Å². The summed E-state index contributed by atoms with van der Waals surface area (Å²) < 4.78 is 33.3. The van der Waals surface area contributed by atoms with Gasteiger partial charge in [0.25, 0.3) is 5.91 Å². The van der Waals surface area contributed by atoms with Gasteiger partial charge in [-0.15, -0.1) is 4.40 Å². The molecule has 0 saturated heterocycles. The fourth-order valence-electron chi connectivity index (χ4n) is 3.23. The third-order valence-corrected chi connectivity index (χ3v) is 5.66. The number of fused-ring (bicyclic) bond motifs is 1. The first kappa shape index (κ1) is 22.4. The third kappa shape index (κ3) is 4.84. The van der Waals surface area contributed by atoms with E-state index in [0.717, 1.165) is 0 Å². The smallest absolute Gasteiger partial charge is 0.252 e. The number of carbonyl (C=O) groups is 1. The summed E-state index contributed by atoms with van der Waals surface area (Å²) in [6, 6.07) is 8.21. The molecule has 1 aliphatic heterocycles. The fourth-order valence-corrected chi connectivity index (χ4v) is 4.10. The zero-order chi connectivity index (χ0) is 23.8. The van der Waals surface area contributed by atoms with E-state index in [1.807, 2.05) is 13.8 Å². The summed E-state index contributed by atoms with van der Waals surface area (Å²) in [5, 5.41) is 2.93. The second-order valence-electron chi connectivity index (χ2n) is 7.96. The van der Waals surface area contributed by atoms with Gasteiger partial charge >= 0.3 is 0 Å². The SMILES string of the molecule is CC(C)(COc1cccc2c1C(N)=NS(O)(O)N2)NC(=O)c1ccnc(-n2ccnc2N)c1. The third-order valence-electron chi connectivity index (χ3n) is 4.72. The minimum Gasteiger partial charge on any atom is -0.490 e. The molecule has 3 aromatic rings. The van der Waals surface area contributed by atoms with Gasteiger partial charge in [-0.3, -0.25) is 23.2 Å². The largest absolute Gasteiger partial charge is 0.490 e. The summed E-state index contributed by atoms with van der Waals surface area (Å²) in [4.78, 5) is 21.1. The molecule has 3 heterocycles. The van der Waals surface area contributed by atoms with Crippen LogP contribution in [0.5, 0.6) is 5.75 Å². The van der Waals surface area contributed by atoms with Gasteiger partial charge in [-0.2, -0.15) is 0 Å². The first-order valence-corrected chi connectivity index (χ1v) is 11.3. The number of amides is 1. The Kier molecular flexibility index (Phi) is 5.61. The topological polar surface area (TPSA) is 186 Å². The summed E-state index contributed by atoms with van der Waals surface area (Å²) >= 11 is 0.